The van der Waals surface area contributed by atoms with E-state index in [1.807, 2.05) is 26.0 Å². The van der Waals surface area contributed by atoms with E-state index in [1.165, 1.54) is 0 Å². The fraction of sp³-hybridized carbons (Fsp3) is 0.538. The van der Waals surface area contributed by atoms with E-state index in [1.54, 1.807) is 12.4 Å². The number of nitrogens with two attached hydrogens (primary N) is 1. The number of hydrogen-bond donors (Lipinski definition) is 2. The van der Waals surface area contributed by atoms with Crippen LogP contribution in [0.1, 0.15) is 25.8 Å². The minimum atomic E-state index is -0.405. The zero-order chi connectivity index (χ0) is 12.7. The standard InChI is InChI=1S/C13H21N3O/c1-3-10(2)12(14)13(17)16-9-6-11-4-7-15-8-5-11/h4-5,7-8,10,12H,3,6,9,14H2,1-2H3,(H,16,17)/t10-,12-/m0/s1. The molecule has 1 aromatic heterocycles. The third-order valence-electron chi connectivity index (χ3n) is 3.02. The van der Waals surface area contributed by atoms with E-state index in [2.05, 4.69) is 10.3 Å². The number of aromatic nitrogens is 1. The van der Waals surface area contributed by atoms with Gasteiger partial charge in [0.2, 0.25) is 5.91 Å². The summed E-state index contributed by atoms with van der Waals surface area (Å²) in [6.45, 7) is 4.65. The predicted molar refractivity (Wildman–Crippen MR) is 68.4 cm³/mol. The summed E-state index contributed by atoms with van der Waals surface area (Å²) >= 11 is 0. The van der Waals surface area contributed by atoms with Crippen LogP contribution in [-0.4, -0.2) is 23.5 Å². The summed E-state index contributed by atoms with van der Waals surface area (Å²) in [4.78, 5) is 15.6. The number of pyridine rings is 1. The molecule has 0 fully saturated rings. The second kappa shape index (κ2) is 7.01. The third-order valence-corrected chi connectivity index (χ3v) is 3.02. The highest BCUT2D eigenvalue weighted by Crippen LogP contribution is 2.05. The van der Waals surface area contributed by atoms with Crippen molar-refractivity contribution >= 4 is 5.91 Å². The van der Waals surface area contributed by atoms with Crippen molar-refractivity contribution in [3.63, 3.8) is 0 Å². The second-order valence-corrected chi connectivity index (χ2v) is 4.31. The number of rotatable bonds is 6. The molecule has 0 aromatic carbocycles. The van der Waals surface area contributed by atoms with Gasteiger partial charge in [-0.05, 0) is 30.0 Å². The van der Waals surface area contributed by atoms with Gasteiger partial charge in [-0.2, -0.15) is 0 Å². The molecule has 0 bridgehead atoms. The maximum Gasteiger partial charge on any atom is 0.237 e. The van der Waals surface area contributed by atoms with Crippen molar-refractivity contribution in [3.8, 4) is 0 Å². The van der Waals surface area contributed by atoms with Crippen molar-refractivity contribution in [1.29, 1.82) is 0 Å². The van der Waals surface area contributed by atoms with E-state index < -0.39 is 6.04 Å². The molecule has 4 heteroatoms. The van der Waals surface area contributed by atoms with Crippen LogP contribution in [-0.2, 0) is 11.2 Å². The first-order valence-electron chi connectivity index (χ1n) is 6.07. The Morgan fingerprint density at radius 1 is 1.47 bits per heavy atom. The van der Waals surface area contributed by atoms with Crippen molar-refractivity contribution in [2.75, 3.05) is 6.54 Å². The lowest BCUT2D eigenvalue weighted by Gasteiger charge is -2.17. The van der Waals surface area contributed by atoms with Gasteiger partial charge in [0.15, 0.2) is 0 Å². The van der Waals surface area contributed by atoms with Gasteiger partial charge in [-0.1, -0.05) is 20.3 Å². The molecule has 4 nitrogen and oxygen atoms in total. The predicted octanol–water partition coefficient (Wildman–Crippen LogP) is 1.11. The molecule has 0 aliphatic carbocycles. The van der Waals surface area contributed by atoms with Crippen molar-refractivity contribution in [2.45, 2.75) is 32.7 Å². The van der Waals surface area contributed by atoms with Crippen LogP contribution in [0.3, 0.4) is 0 Å². The highest BCUT2D eigenvalue weighted by molar-refractivity contribution is 5.81. The van der Waals surface area contributed by atoms with Crippen LogP contribution in [0.25, 0.3) is 0 Å². The minimum absolute atomic E-state index is 0.0617. The van der Waals surface area contributed by atoms with Gasteiger partial charge >= 0.3 is 0 Å². The molecule has 1 heterocycles. The average Bonchev–Trinajstić information content (AvgIpc) is 2.38. The summed E-state index contributed by atoms with van der Waals surface area (Å²) in [5.74, 6) is 0.157. The Bertz CT molecular complexity index is 340. The number of carbonyl (C=O) groups is 1. The van der Waals surface area contributed by atoms with Gasteiger partial charge in [-0.15, -0.1) is 0 Å². The van der Waals surface area contributed by atoms with E-state index in [0.717, 1.165) is 18.4 Å². The Morgan fingerprint density at radius 2 is 2.12 bits per heavy atom. The van der Waals surface area contributed by atoms with Crippen LogP contribution in [0, 0.1) is 5.92 Å². The number of nitrogens with zero attached hydrogens (tertiary/aromatic N) is 1. The highest BCUT2D eigenvalue weighted by Gasteiger charge is 2.18. The van der Waals surface area contributed by atoms with Gasteiger partial charge in [0.05, 0.1) is 6.04 Å². The molecule has 0 spiro atoms. The van der Waals surface area contributed by atoms with Crippen molar-refractivity contribution < 1.29 is 4.79 Å². The molecule has 1 rings (SSSR count). The van der Waals surface area contributed by atoms with E-state index in [0.29, 0.717) is 6.54 Å². The summed E-state index contributed by atoms with van der Waals surface area (Å²) in [5.41, 5.74) is 6.99. The zero-order valence-corrected chi connectivity index (χ0v) is 10.5. The van der Waals surface area contributed by atoms with Crippen LogP contribution < -0.4 is 11.1 Å². The number of amides is 1. The van der Waals surface area contributed by atoms with Gasteiger partial charge in [0, 0.05) is 18.9 Å². The van der Waals surface area contributed by atoms with Gasteiger partial charge in [-0.3, -0.25) is 9.78 Å². The molecule has 94 valence electrons. The monoisotopic (exact) mass is 235 g/mol. The first kappa shape index (κ1) is 13.6. The van der Waals surface area contributed by atoms with Gasteiger partial charge < -0.3 is 11.1 Å². The largest absolute Gasteiger partial charge is 0.354 e. The molecule has 0 aliphatic heterocycles. The first-order valence-corrected chi connectivity index (χ1v) is 6.07. The van der Waals surface area contributed by atoms with Gasteiger partial charge in [0.1, 0.15) is 0 Å². The van der Waals surface area contributed by atoms with E-state index >= 15 is 0 Å². The summed E-state index contributed by atoms with van der Waals surface area (Å²) in [5, 5.41) is 2.86. The van der Waals surface area contributed by atoms with E-state index in [9.17, 15) is 4.79 Å². The van der Waals surface area contributed by atoms with Crippen molar-refractivity contribution in [1.82, 2.24) is 10.3 Å². The lowest BCUT2D eigenvalue weighted by molar-refractivity contribution is -0.123. The summed E-state index contributed by atoms with van der Waals surface area (Å²) < 4.78 is 0. The van der Waals surface area contributed by atoms with E-state index in [4.69, 9.17) is 5.73 Å². The lowest BCUT2D eigenvalue weighted by Crippen LogP contribution is -2.45. The van der Waals surface area contributed by atoms with Crippen LogP contribution in [0.5, 0.6) is 0 Å². The van der Waals surface area contributed by atoms with Crippen LogP contribution >= 0.6 is 0 Å². The SMILES string of the molecule is CC[C@H](C)[C@H](N)C(=O)NCCc1ccncc1. The molecule has 17 heavy (non-hydrogen) atoms. The average molecular weight is 235 g/mol. The quantitative estimate of drug-likeness (QED) is 0.776. The maximum absolute atomic E-state index is 11.7. The summed E-state index contributed by atoms with van der Waals surface area (Å²) in [6.07, 6.45) is 5.23. The summed E-state index contributed by atoms with van der Waals surface area (Å²) in [6, 6.07) is 3.49. The molecule has 2 atom stereocenters. The highest BCUT2D eigenvalue weighted by atomic mass is 16.2. The molecule has 0 aliphatic rings. The number of carbonyl (C=O) groups excluding carboxylic acids is 1. The topological polar surface area (TPSA) is 68.0 Å². The number of hydrogen-bond acceptors (Lipinski definition) is 3. The van der Waals surface area contributed by atoms with Crippen LogP contribution in [0.2, 0.25) is 0 Å². The molecule has 0 radical (unpaired) electrons. The zero-order valence-electron chi connectivity index (χ0n) is 10.5. The fourth-order valence-electron chi connectivity index (χ4n) is 1.51. The van der Waals surface area contributed by atoms with Crippen LogP contribution in [0.15, 0.2) is 24.5 Å². The number of nitrogens with one attached hydrogen (secondary N) is 1. The molecule has 0 unspecified atom stereocenters. The van der Waals surface area contributed by atoms with Crippen molar-refractivity contribution in [2.24, 2.45) is 11.7 Å². The molecule has 0 saturated carbocycles. The normalized spacial score (nSPS) is 14.1. The maximum atomic E-state index is 11.7. The van der Waals surface area contributed by atoms with Gasteiger partial charge in [0.25, 0.3) is 0 Å². The molecule has 1 aromatic rings. The van der Waals surface area contributed by atoms with Crippen LogP contribution in [0.4, 0.5) is 0 Å². The van der Waals surface area contributed by atoms with E-state index in [-0.39, 0.29) is 11.8 Å². The molecular formula is C13H21N3O. The molecule has 0 saturated heterocycles. The first-order chi connectivity index (χ1) is 8.15. The molecular weight excluding hydrogens is 214 g/mol. The van der Waals surface area contributed by atoms with Gasteiger partial charge in [-0.25, -0.2) is 0 Å². The third kappa shape index (κ3) is 4.53. The minimum Gasteiger partial charge on any atom is -0.354 e. The fourth-order valence-corrected chi connectivity index (χ4v) is 1.51. The summed E-state index contributed by atoms with van der Waals surface area (Å²) in [7, 11) is 0. The second-order valence-electron chi connectivity index (χ2n) is 4.31. The Hall–Kier alpha value is -1.42. The molecule has 3 N–H and O–H groups in total. The Labute approximate surface area is 103 Å². The lowest BCUT2D eigenvalue weighted by atomic mass is 9.99. The molecule has 1 amide bonds. The smallest absolute Gasteiger partial charge is 0.237 e. The van der Waals surface area contributed by atoms with Crippen molar-refractivity contribution in [3.05, 3.63) is 30.1 Å². The Kier molecular flexibility index (Phi) is 5.63. The Balaban J connectivity index is 2.29. The Morgan fingerprint density at radius 3 is 2.71 bits per heavy atom.